The van der Waals surface area contributed by atoms with E-state index >= 15 is 0 Å². The second kappa shape index (κ2) is 7.98. The number of hydrogen-bond acceptors (Lipinski definition) is 4. The van der Waals surface area contributed by atoms with E-state index in [0.717, 1.165) is 6.07 Å². The number of phenols is 1. The Balaban J connectivity index is 2.25. The fourth-order valence-electron chi connectivity index (χ4n) is 2.56. The van der Waals surface area contributed by atoms with E-state index in [9.17, 15) is 19.4 Å². The molecule has 3 N–H and O–H groups in total. The average molecular weight is 347 g/mol. The van der Waals surface area contributed by atoms with Gasteiger partial charge in [-0.3, -0.25) is 5.32 Å². The van der Waals surface area contributed by atoms with Crippen LogP contribution in [0.3, 0.4) is 0 Å². The van der Waals surface area contributed by atoms with Crippen LogP contribution in [-0.2, 0) is 4.74 Å². The minimum Gasteiger partial charge on any atom is -0.505 e. The van der Waals surface area contributed by atoms with Crippen LogP contribution in [0, 0.1) is 11.2 Å². The smallest absolute Gasteiger partial charge is 0.412 e. The third-order valence-corrected chi connectivity index (χ3v) is 3.99. The van der Waals surface area contributed by atoms with Crippen molar-refractivity contribution in [1.29, 1.82) is 0 Å². The average Bonchev–Trinajstić information content (AvgIpc) is 2.56. The third-order valence-electron chi connectivity index (χ3n) is 3.99. The van der Waals surface area contributed by atoms with Gasteiger partial charge in [0.05, 0.1) is 0 Å². The molecule has 0 saturated heterocycles. The summed E-state index contributed by atoms with van der Waals surface area (Å²) in [5.74, 6) is -1.27. The molecule has 0 aliphatic carbocycles. The van der Waals surface area contributed by atoms with Crippen molar-refractivity contribution < 1.29 is 24.1 Å². The standard InChI is InChI=1S/C19H22FNO4/c1-19(2,10-11-22)17(13-8-9-16(23)15(20)12-13)25-18(24)21-14-6-4-3-5-7-14/h3-9,12,17,22-23H,10-11H2,1-2H3,(H,21,24)/t17-/m1/s1. The number of carbonyl (C=O) groups is 1. The van der Waals surface area contributed by atoms with Crippen molar-refractivity contribution in [2.45, 2.75) is 26.4 Å². The van der Waals surface area contributed by atoms with Gasteiger partial charge in [-0.25, -0.2) is 9.18 Å². The fraction of sp³-hybridized carbons (Fsp3) is 0.316. The van der Waals surface area contributed by atoms with Crippen molar-refractivity contribution in [3.8, 4) is 5.75 Å². The Bertz CT molecular complexity index is 719. The number of hydrogen-bond donors (Lipinski definition) is 3. The fourth-order valence-corrected chi connectivity index (χ4v) is 2.56. The normalized spacial score (nSPS) is 12.5. The van der Waals surface area contributed by atoms with E-state index in [0.29, 0.717) is 17.7 Å². The maximum Gasteiger partial charge on any atom is 0.412 e. The summed E-state index contributed by atoms with van der Waals surface area (Å²) in [6.45, 7) is 3.52. The molecule has 2 aromatic rings. The highest BCUT2D eigenvalue weighted by atomic mass is 19.1. The number of amides is 1. The maximum absolute atomic E-state index is 13.7. The Morgan fingerprint density at radius 2 is 1.92 bits per heavy atom. The molecular weight excluding hydrogens is 325 g/mol. The molecule has 0 aromatic heterocycles. The van der Waals surface area contributed by atoms with Crippen LogP contribution in [0.1, 0.15) is 31.9 Å². The topological polar surface area (TPSA) is 78.8 Å². The number of para-hydroxylation sites is 1. The Kier molecular flexibility index (Phi) is 5.98. The molecule has 25 heavy (non-hydrogen) atoms. The summed E-state index contributed by atoms with van der Waals surface area (Å²) in [5, 5.41) is 21.3. The largest absolute Gasteiger partial charge is 0.505 e. The number of carbonyl (C=O) groups excluding carboxylic acids is 1. The van der Waals surface area contributed by atoms with Crippen LogP contribution < -0.4 is 5.32 Å². The van der Waals surface area contributed by atoms with Crippen molar-refractivity contribution in [2.75, 3.05) is 11.9 Å². The predicted molar refractivity (Wildman–Crippen MR) is 92.8 cm³/mol. The van der Waals surface area contributed by atoms with E-state index in [1.807, 2.05) is 19.9 Å². The van der Waals surface area contributed by atoms with E-state index < -0.39 is 29.2 Å². The van der Waals surface area contributed by atoms with Crippen LogP contribution in [0.25, 0.3) is 0 Å². The van der Waals surface area contributed by atoms with Crippen LogP contribution in [-0.4, -0.2) is 22.9 Å². The molecule has 0 saturated carbocycles. The number of nitrogens with one attached hydrogen (secondary N) is 1. The number of rotatable bonds is 6. The first-order valence-electron chi connectivity index (χ1n) is 7.95. The first-order valence-corrected chi connectivity index (χ1v) is 7.95. The van der Waals surface area contributed by atoms with E-state index in [2.05, 4.69) is 5.32 Å². The molecule has 1 atom stereocenters. The number of aliphatic hydroxyl groups excluding tert-OH is 1. The molecule has 0 bridgehead atoms. The lowest BCUT2D eigenvalue weighted by Crippen LogP contribution is -2.29. The monoisotopic (exact) mass is 347 g/mol. The summed E-state index contributed by atoms with van der Waals surface area (Å²) in [7, 11) is 0. The van der Waals surface area contributed by atoms with Gasteiger partial charge in [-0.1, -0.05) is 38.1 Å². The number of benzene rings is 2. The van der Waals surface area contributed by atoms with Gasteiger partial charge in [0.25, 0.3) is 0 Å². The van der Waals surface area contributed by atoms with Crippen molar-refractivity contribution in [1.82, 2.24) is 0 Å². The molecule has 0 spiro atoms. The lowest BCUT2D eigenvalue weighted by Gasteiger charge is -2.33. The van der Waals surface area contributed by atoms with Gasteiger partial charge in [0.2, 0.25) is 0 Å². The molecule has 2 rings (SSSR count). The minimum absolute atomic E-state index is 0.103. The van der Waals surface area contributed by atoms with Gasteiger partial charge in [-0.05, 0) is 36.2 Å². The second-order valence-electron chi connectivity index (χ2n) is 6.45. The van der Waals surface area contributed by atoms with Gasteiger partial charge in [-0.2, -0.15) is 0 Å². The van der Waals surface area contributed by atoms with Gasteiger partial charge < -0.3 is 14.9 Å². The number of halogens is 1. The molecule has 2 aromatic carbocycles. The van der Waals surface area contributed by atoms with Crippen LogP contribution in [0.4, 0.5) is 14.9 Å². The maximum atomic E-state index is 13.7. The van der Waals surface area contributed by atoms with Gasteiger partial charge >= 0.3 is 6.09 Å². The van der Waals surface area contributed by atoms with Gasteiger partial charge in [0.1, 0.15) is 6.10 Å². The highest BCUT2D eigenvalue weighted by Crippen LogP contribution is 2.40. The molecule has 6 heteroatoms. The molecule has 0 fully saturated rings. The summed E-state index contributed by atoms with van der Waals surface area (Å²) < 4.78 is 19.3. The first-order chi connectivity index (χ1) is 11.8. The number of aliphatic hydroxyl groups is 1. The summed E-state index contributed by atoms with van der Waals surface area (Å²) in [6.07, 6.45) is -1.15. The Morgan fingerprint density at radius 3 is 2.52 bits per heavy atom. The summed E-state index contributed by atoms with van der Waals surface area (Å²) in [5.41, 5.74) is 0.326. The van der Waals surface area contributed by atoms with Crippen molar-refractivity contribution in [3.63, 3.8) is 0 Å². The zero-order valence-electron chi connectivity index (χ0n) is 14.2. The predicted octanol–water partition coefficient (Wildman–Crippen LogP) is 4.23. The molecule has 0 radical (unpaired) electrons. The molecule has 0 aliphatic heterocycles. The molecular formula is C19H22FNO4. The molecule has 0 aliphatic rings. The molecule has 134 valence electrons. The first kappa shape index (κ1) is 18.7. The van der Waals surface area contributed by atoms with Crippen LogP contribution in [0.15, 0.2) is 48.5 Å². The van der Waals surface area contributed by atoms with E-state index in [4.69, 9.17) is 4.74 Å². The summed E-state index contributed by atoms with van der Waals surface area (Å²) in [6, 6.07) is 12.7. The van der Waals surface area contributed by atoms with Crippen molar-refractivity contribution in [3.05, 3.63) is 59.9 Å². The highest BCUT2D eigenvalue weighted by Gasteiger charge is 2.34. The highest BCUT2D eigenvalue weighted by molar-refractivity contribution is 5.84. The SMILES string of the molecule is CC(C)(CCO)[C@H](OC(=O)Nc1ccccc1)c1ccc(O)c(F)c1. The second-order valence-corrected chi connectivity index (χ2v) is 6.45. The van der Waals surface area contributed by atoms with Gasteiger partial charge in [-0.15, -0.1) is 0 Å². The lowest BCUT2D eigenvalue weighted by atomic mass is 9.80. The van der Waals surface area contributed by atoms with Crippen LogP contribution in [0.2, 0.25) is 0 Å². The third kappa shape index (κ3) is 4.93. The van der Waals surface area contributed by atoms with Crippen LogP contribution >= 0.6 is 0 Å². The van der Waals surface area contributed by atoms with Gasteiger partial charge in [0.15, 0.2) is 11.6 Å². The number of ether oxygens (including phenoxy) is 1. The zero-order chi connectivity index (χ0) is 18.4. The van der Waals surface area contributed by atoms with Gasteiger partial charge in [0, 0.05) is 17.7 Å². The Labute approximate surface area is 146 Å². The minimum atomic E-state index is -0.807. The number of anilines is 1. The molecule has 1 amide bonds. The van der Waals surface area contributed by atoms with E-state index in [1.165, 1.54) is 12.1 Å². The lowest BCUT2D eigenvalue weighted by molar-refractivity contribution is 0.0150. The zero-order valence-corrected chi connectivity index (χ0v) is 14.2. The van der Waals surface area contributed by atoms with Crippen molar-refractivity contribution >= 4 is 11.8 Å². The number of aromatic hydroxyl groups is 1. The molecule has 5 nitrogen and oxygen atoms in total. The number of phenolic OH excluding ortho intramolecular Hbond substituents is 1. The van der Waals surface area contributed by atoms with E-state index in [1.54, 1.807) is 24.3 Å². The summed E-state index contributed by atoms with van der Waals surface area (Å²) >= 11 is 0. The van der Waals surface area contributed by atoms with Crippen molar-refractivity contribution in [2.24, 2.45) is 5.41 Å². The molecule has 0 unspecified atom stereocenters. The summed E-state index contributed by atoms with van der Waals surface area (Å²) in [4.78, 5) is 12.3. The van der Waals surface area contributed by atoms with E-state index in [-0.39, 0.29) is 6.61 Å². The molecule has 0 heterocycles. The Hall–Kier alpha value is -2.60. The Morgan fingerprint density at radius 1 is 1.24 bits per heavy atom. The van der Waals surface area contributed by atoms with Crippen LogP contribution in [0.5, 0.6) is 5.75 Å². The quantitative estimate of drug-likeness (QED) is 0.731.